The van der Waals surface area contributed by atoms with Gasteiger partial charge in [-0.2, -0.15) is 0 Å². The minimum Gasteiger partial charge on any atom is -0.481 e. The number of amides is 7. The number of Topliss-reactive ketones (excluding diaryl/α,β-unsaturated/α-hetero) is 1. The van der Waals surface area contributed by atoms with Crippen molar-refractivity contribution < 1.29 is 53.4 Å². The van der Waals surface area contributed by atoms with Crippen LogP contribution in [0.5, 0.6) is 0 Å². The Morgan fingerprint density at radius 2 is 1.27 bits per heavy atom. The first-order chi connectivity index (χ1) is 37.5. The molecule has 1 fully saturated rings. The number of hydrogen-bond donors (Lipinski definition) is 10. The minimum atomic E-state index is -1.31. The Hall–Kier alpha value is -7.01. The summed E-state index contributed by atoms with van der Waals surface area (Å²) in [4.78, 5) is 124. The van der Waals surface area contributed by atoms with Crippen molar-refractivity contribution in [3.8, 4) is 0 Å². The van der Waals surface area contributed by atoms with Crippen LogP contribution in [0.1, 0.15) is 66.1 Å². The number of nitrogens with zero attached hydrogens (tertiary/aromatic N) is 6. The highest BCUT2D eigenvalue weighted by Gasteiger charge is 2.28. The quantitative estimate of drug-likeness (QED) is 0.0235. The van der Waals surface area contributed by atoms with Crippen LogP contribution in [0.3, 0.4) is 0 Å². The first-order valence-electron chi connectivity index (χ1n) is 25.7. The number of carbonyl (C=O) groups excluding carboxylic acids is 7. The summed E-state index contributed by atoms with van der Waals surface area (Å²) in [5.74, 6) is -5.30. The number of unbranched alkanes of at least 4 members (excludes halogenated alkanes) is 1. The lowest BCUT2D eigenvalue weighted by Crippen LogP contribution is -2.54. The highest BCUT2D eigenvalue weighted by Crippen LogP contribution is 2.18. The van der Waals surface area contributed by atoms with E-state index in [1.165, 1.54) is 6.92 Å². The van der Waals surface area contributed by atoms with Crippen molar-refractivity contribution in [1.82, 2.24) is 45.4 Å². The van der Waals surface area contributed by atoms with Crippen molar-refractivity contribution >= 4 is 92.1 Å². The van der Waals surface area contributed by atoms with Crippen molar-refractivity contribution in [3.05, 3.63) is 93.7 Å². The van der Waals surface area contributed by atoms with E-state index in [9.17, 15) is 48.3 Å². The van der Waals surface area contributed by atoms with Crippen LogP contribution in [-0.4, -0.2) is 201 Å². The summed E-state index contributed by atoms with van der Waals surface area (Å²) in [5.41, 5.74) is 26.3. The zero-order valence-corrected chi connectivity index (χ0v) is 46.7. The topological polar surface area (TPSA) is 375 Å². The summed E-state index contributed by atoms with van der Waals surface area (Å²) in [6, 6.07) is 14.7. The van der Waals surface area contributed by atoms with Crippen LogP contribution < -0.4 is 44.2 Å². The van der Waals surface area contributed by atoms with E-state index in [0.29, 0.717) is 93.3 Å². The molecule has 2 aromatic carbocycles. The molecule has 0 aliphatic carbocycles. The number of halogens is 1. The second kappa shape index (κ2) is 33.4. The predicted octanol–water partition coefficient (Wildman–Crippen LogP) is -0.165. The second-order valence-corrected chi connectivity index (χ2v) is 20.6. The van der Waals surface area contributed by atoms with Gasteiger partial charge in [-0.3, -0.25) is 53.2 Å². The zero-order chi connectivity index (χ0) is 58.0. The van der Waals surface area contributed by atoms with E-state index in [1.807, 2.05) is 62.1 Å². The lowest BCUT2D eigenvalue weighted by atomic mass is 10.0. The van der Waals surface area contributed by atoms with Gasteiger partial charge in [-0.1, -0.05) is 42.5 Å². The molecule has 0 spiro atoms. The SMILES string of the molecule is CC(=O)[C@@H](CCC(=O)O)NC(=O)N[C@H](CCCCN(Cc1ccc(Br)nc1)C(=O)c1ccc(CNCC(=S)Nc2ccc(CC3CN(CC(N)=O)CCN(CC(N)=O)CCN(CC(N)=O)CCN3CC(N)=O)cc2)cc1)C(=O)O. The number of carboxylic acids is 2. The van der Waals surface area contributed by atoms with E-state index in [1.54, 1.807) is 29.3 Å². The van der Waals surface area contributed by atoms with E-state index in [-0.39, 0.29) is 70.5 Å². The average molecular weight is 1180 g/mol. The Balaban J connectivity index is 1.35. The number of aliphatic carboxylic acids is 2. The molecule has 1 aromatic heterocycles. The Morgan fingerprint density at radius 1 is 0.709 bits per heavy atom. The molecule has 3 aromatic rings. The number of rotatable bonds is 30. The number of carboxylic acid groups (broad SMARTS) is 2. The maximum Gasteiger partial charge on any atom is 0.326 e. The van der Waals surface area contributed by atoms with Crippen LogP contribution in [0.2, 0.25) is 0 Å². The molecule has 7 amide bonds. The Kier molecular flexibility index (Phi) is 27.3. The van der Waals surface area contributed by atoms with Crippen molar-refractivity contribution in [2.75, 3.05) is 90.4 Å². The molecule has 79 heavy (non-hydrogen) atoms. The third-order valence-corrected chi connectivity index (χ3v) is 13.6. The van der Waals surface area contributed by atoms with Gasteiger partial charge in [-0.25, -0.2) is 14.6 Å². The summed E-state index contributed by atoms with van der Waals surface area (Å²) in [6.45, 7) is 4.77. The summed E-state index contributed by atoms with van der Waals surface area (Å²) < 4.78 is 0.623. The van der Waals surface area contributed by atoms with Crippen LogP contribution in [-0.2, 0) is 53.1 Å². The number of nitrogens with two attached hydrogens (primary N) is 4. The fraction of sp³-hybridized carbons (Fsp3) is 0.481. The van der Waals surface area contributed by atoms with E-state index in [2.05, 4.69) is 42.2 Å². The summed E-state index contributed by atoms with van der Waals surface area (Å²) >= 11 is 9.00. The van der Waals surface area contributed by atoms with E-state index < -0.39 is 59.5 Å². The fourth-order valence-electron chi connectivity index (χ4n) is 8.82. The largest absolute Gasteiger partial charge is 0.481 e. The smallest absolute Gasteiger partial charge is 0.326 e. The van der Waals surface area contributed by atoms with Gasteiger partial charge in [0.25, 0.3) is 5.91 Å². The van der Waals surface area contributed by atoms with Crippen molar-refractivity contribution in [2.24, 2.45) is 22.9 Å². The van der Waals surface area contributed by atoms with Crippen LogP contribution in [0.4, 0.5) is 10.5 Å². The molecule has 1 unspecified atom stereocenters. The molecule has 27 heteroatoms. The fourth-order valence-corrected chi connectivity index (χ4v) is 9.28. The summed E-state index contributed by atoms with van der Waals surface area (Å²) in [5, 5.41) is 30.1. The van der Waals surface area contributed by atoms with Gasteiger partial charge in [-0.05, 0) is 102 Å². The molecular formula is C52H73BrN14O11S. The number of hydrogen-bond acceptors (Lipinski definition) is 16. The first kappa shape index (κ1) is 64.5. The van der Waals surface area contributed by atoms with Crippen LogP contribution in [0.15, 0.2) is 71.5 Å². The highest BCUT2D eigenvalue weighted by atomic mass is 79.9. The molecule has 430 valence electrons. The Morgan fingerprint density at radius 3 is 1.82 bits per heavy atom. The minimum absolute atomic E-state index is 0.0184. The van der Waals surface area contributed by atoms with Crippen LogP contribution in [0, 0.1) is 0 Å². The molecule has 4 rings (SSSR count). The molecule has 0 saturated carbocycles. The maximum atomic E-state index is 14.0. The molecule has 1 saturated heterocycles. The van der Waals surface area contributed by atoms with Gasteiger partial charge < -0.3 is 59.3 Å². The third kappa shape index (κ3) is 25.1. The van der Waals surface area contributed by atoms with Gasteiger partial charge in [0.05, 0.1) is 37.2 Å². The number of urea groups is 1. The normalized spacial score (nSPS) is 15.7. The number of thiocarbonyl (C=S) groups is 1. The monoisotopic (exact) mass is 1180 g/mol. The van der Waals surface area contributed by atoms with E-state index in [4.69, 9.17) is 40.3 Å². The summed E-state index contributed by atoms with van der Waals surface area (Å²) in [7, 11) is 0. The second-order valence-electron chi connectivity index (χ2n) is 19.3. The van der Waals surface area contributed by atoms with Gasteiger partial charge in [0.15, 0.2) is 5.78 Å². The number of primary amides is 4. The summed E-state index contributed by atoms with van der Waals surface area (Å²) in [6.07, 6.45) is 2.30. The lowest BCUT2D eigenvalue weighted by molar-refractivity contribution is -0.139. The molecule has 0 bridgehead atoms. The molecular weight excluding hydrogens is 1110 g/mol. The maximum absolute atomic E-state index is 14.0. The standard InChI is InChI=1S/C52H73BrN14O11S/c1-34(68)41(14-16-49(73)74)61-52(78)62-42(51(76)77)4-2-3-17-67(28-37-9-15-43(53)59-26-37)50(75)38-10-5-36(6-11-38)25-58-27-48(79)60-39-12-7-35(8-13-39)24-40-29-65(32-46(56)71)21-20-63(30-44(54)69)18-19-64(31-45(55)70)22-23-66(40)33-47(57)72/h5-13,15,26,40-42,58H,2-4,14,16-25,27-33H2,1H3,(H2,54,69)(H2,55,70)(H2,56,71)(H2,57,72)(H,60,79)(H,73,74)(H,76,77)(H2,61,62,78)/t40?,41-,42-/m1/s1. The number of ketones is 1. The molecule has 25 nitrogen and oxygen atoms in total. The number of carbonyl (C=O) groups is 9. The third-order valence-electron chi connectivity index (χ3n) is 12.8. The van der Waals surface area contributed by atoms with E-state index in [0.717, 1.165) is 22.4 Å². The van der Waals surface area contributed by atoms with Crippen molar-refractivity contribution in [2.45, 2.75) is 76.7 Å². The molecule has 1 aliphatic heterocycles. The van der Waals surface area contributed by atoms with Crippen LogP contribution >= 0.6 is 28.1 Å². The van der Waals surface area contributed by atoms with Crippen LogP contribution in [0.25, 0.3) is 0 Å². The molecule has 14 N–H and O–H groups in total. The highest BCUT2D eigenvalue weighted by molar-refractivity contribution is 9.10. The number of nitrogens with one attached hydrogen (secondary N) is 4. The van der Waals surface area contributed by atoms with Crippen molar-refractivity contribution in [3.63, 3.8) is 0 Å². The molecule has 1 aliphatic rings. The number of pyridine rings is 1. The van der Waals surface area contributed by atoms with Gasteiger partial charge in [-0.15, -0.1) is 0 Å². The van der Waals surface area contributed by atoms with Crippen molar-refractivity contribution in [1.29, 1.82) is 0 Å². The van der Waals surface area contributed by atoms with Gasteiger partial charge >= 0.3 is 18.0 Å². The van der Waals surface area contributed by atoms with Gasteiger partial charge in [0.1, 0.15) is 10.6 Å². The zero-order valence-electron chi connectivity index (χ0n) is 44.3. The predicted molar refractivity (Wildman–Crippen MR) is 301 cm³/mol. The lowest BCUT2D eigenvalue weighted by Gasteiger charge is -2.38. The molecule has 3 atom stereocenters. The number of aromatic nitrogens is 1. The Labute approximate surface area is 472 Å². The van der Waals surface area contributed by atoms with Gasteiger partial charge in [0, 0.05) is 102 Å². The Bertz CT molecular complexity index is 2560. The number of benzene rings is 2. The average Bonchev–Trinajstić information content (AvgIpc) is 3.37. The molecule has 2 heterocycles. The van der Waals surface area contributed by atoms with E-state index >= 15 is 0 Å². The number of anilines is 1. The first-order valence-corrected chi connectivity index (χ1v) is 26.9. The molecule has 0 radical (unpaired) electrons. The van der Waals surface area contributed by atoms with Gasteiger partial charge in [0.2, 0.25) is 23.6 Å².